The van der Waals surface area contributed by atoms with Crippen LogP contribution in [-0.4, -0.2) is 19.6 Å². The molecule has 2 N–H and O–H groups in total. The van der Waals surface area contributed by atoms with Gasteiger partial charge in [0.2, 0.25) is 0 Å². The zero-order valence-electron chi connectivity index (χ0n) is 8.35. The second-order valence-corrected chi connectivity index (χ2v) is 3.84. The Labute approximate surface area is 105 Å². The van der Waals surface area contributed by atoms with E-state index in [2.05, 4.69) is 4.74 Å². The number of nitrogens with two attached hydrogens (primary N) is 1. The molecular formula is C9H8Cl2F3NO2. The zero-order valence-corrected chi connectivity index (χ0v) is 9.86. The van der Waals surface area contributed by atoms with E-state index in [1.54, 1.807) is 0 Å². The molecule has 0 bridgehead atoms. The minimum absolute atomic E-state index is 0.113. The summed E-state index contributed by atoms with van der Waals surface area (Å²) in [6.45, 7) is -1.98. The van der Waals surface area contributed by atoms with E-state index in [4.69, 9.17) is 33.7 Å². The van der Waals surface area contributed by atoms with E-state index in [1.807, 2.05) is 0 Å². The van der Waals surface area contributed by atoms with E-state index in [1.165, 1.54) is 12.1 Å². The van der Waals surface area contributed by atoms with Crippen LogP contribution < -0.4 is 10.5 Å². The number of hydrogen-bond donors (Lipinski definition) is 1. The van der Waals surface area contributed by atoms with Gasteiger partial charge in [-0.2, -0.15) is 13.2 Å². The van der Waals surface area contributed by atoms with E-state index in [9.17, 15) is 13.2 Å². The van der Waals surface area contributed by atoms with Crippen LogP contribution in [0.5, 0.6) is 5.75 Å². The minimum Gasteiger partial charge on any atom is -0.465 e. The molecule has 0 spiro atoms. The van der Waals surface area contributed by atoms with Gasteiger partial charge in [-0.1, -0.05) is 23.2 Å². The largest absolute Gasteiger partial charge is 0.465 e. The Morgan fingerprint density at radius 1 is 1.18 bits per heavy atom. The summed E-state index contributed by atoms with van der Waals surface area (Å²) in [7, 11) is 0. The first-order valence-corrected chi connectivity index (χ1v) is 5.07. The molecule has 0 unspecified atom stereocenters. The highest BCUT2D eigenvalue weighted by atomic mass is 35.5. The minimum atomic E-state index is -4.40. The molecule has 8 heteroatoms. The number of ether oxygens (including phenoxy) is 2. The average molecular weight is 290 g/mol. The molecule has 1 rings (SSSR count). The smallest absolute Gasteiger partial charge is 0.411 e. The third-order valence-corrected chi connectivity index (χ3v) is 2.34. The summed E-state index contributed by atoms with van der Waals surface area (Å²) in [5.74, 6) is 0.113. The van der Waals surface area contributed by atoms with Crippen molar-refractivity contribution in [2.75, 3.05) is 19.1 Å². The lowest BCUT2D eigenvalue weighted by Crippen LogP contribution is -2.19. The summed E-state index contributed by atoms with van der Waals surface area (Å²) in [5.41, 5.74) is 5.67. The summed E-state index contributed by atoms with van der Waals surface area (Å²) >= 11 is 11.3. The number of nitrogen functional groups attached to an aromatic ring is 1. The molecule has 0 fully saturated rings. The lowest BCUT2D eigenvalue weighted by molar-refractivity contribution is -0.186. The molecule has 96 valence electrons. The summed E-state index contributed by atoms with van der Waals surface area (Å²) in [5, 5.41) is 0.416. The number of anilines is 1. The molecule has 17 heavy (non-hydrogen) atoms. The van der Waals surface area contributed by atoms with Crippen molar-refractivity contribution in [1.82, 2.24) is 0 Å². The molecular weight excluding hydrogens is 282 g/mol. The Morgan fingerprint density at radius 3 is 2.35 bits per heavy atom. The molecule has 0 aliphatic rings. The van der Waals surface area contributed by atoms with Crippen molar-refractivity contribution in [2.24, 2.45) is 0 Å². The van der Waals surface area contributed by atoms with Gasteiger partial charge in [0, 0.05) is 6.07 Å². The standard InChI is InChI=1S/C9H8Cl2F3NO2/c10-5-1-7(15)8(2-6(5)11)17-4-16-3-9(12,13)14/h1-2H,3-4,15H2. The molecule has 0 atom stereocenters. The Kier molecular flexibility index (Phi) is 4.73. The van der Waals surface area contributed by atoms with Gasteiger partial charge in [0.25, 0.3) is 0 Å². The van der Waals surface area contributed by atoms with Gasteiger partial charge >= 0.3 is 6.18 Å². The van der Waals surface area contributed by atoms with E-state index in [-0.39, 0.29) is 21.5 Å². The molecule has 0 heterocycles. The van der Waals surface area contributed by atoms with Gasteiger partial charge in [-0.05, 0) is 6.07 Å². The highest BCUT2D eigenvalue weighted by Crippen LogP contribution is 2.32. The van der Waals surface area contributed by atoms with Crippen molar-refractivity contribution < 1.29 is 22.6 Å². The van der Waals surface area contributed by atoms with E-state index in [0.29, 0.717) is 0 Å². The van der Waals surface area contributed by atoms with Crippen LogP contribution in [-0.2, 0) is 4.74 Å². The molecule has 0 saturated heterocycles. The fourth-order valence-corrected chi connectivity index (χ4v) is 1.26. The van der Waals surface area contributed by atoms with E-state index in [0.717, 1.165) is 0 Å². The van der Waals surface area contributed by atoms with Crippen LogP contribution in [0, 0.1) is 0 Å². The summed E-state index contributed by atoms with van der Waals surface area (Å²) in [6.07, 6.45) is -4.40. The topological polar surface area (TPSA) is 44.5 Å². The zero-order chi connectivity index (χ0) is 13.1. The molecule has 0 aliphatic heterocycles. The van der Waals surface area contributed by atoms with Gasteiger partial charge in [-0.15, -0.1) is 0 Å². The molecule has 1 aromatic carbocycles. The number of hydrogen-bond acceptors (Lipinski definition) is 3. The van der Waals surface area contributed by atoms with Crippen LogP contribution >= 0.6 is 23.2 Å². The maximum Gasteiger partial charge on any atom is 0.411 e. The van der Waals surface area contributed by atoms with Crippen LogP contribution in [0.15, 0.2) is 12.1 Å². The summed E-state index contributed by atoms with van der Waals surface area (Å²) in [4.78, 5) is 0. The Bertz CT molecular complexity index is 399. The van der Waals surface area contributed by atoms with Crippen LogP contribution in [0.2, 0.25) is 10.0 Å². The third kappa shape index (κ3) is 4.89. The van der Waals surface area contributed by atoms with Crippen molar-refractivity contribution in [3.8, 4) is 5.75 Å². The van der Waals surface area contributed by atoms with Crippen molar-refractivity contribution >= 4 is 28.9 Å². The van der Waals surface area contributed by atoms with Gasteiger partial charge in [0.1, 0.15) is 12.4 Å². The second kappa shape index (κ2) is 5.66. The lowest BCUT2D eigenvalue weighted by Gasteiger charge is -2.11. The normalized spacial score (nSPS) is 11.6. The van der Waals surface area contributed by atoms with E-state index >= 15 is 0 Å². The maximum absolute atomic E-state index is 11.7. The van der Waals surface area contributed by atoms with Crippen LogP contribution in [0.4, 0.5) is 18.9 Å². The summed E-state index contributed by atoms with van der Waals surface area (Å²) < 4.78 is 44.3. The first-order valence-electron chi connectivity index (χ1n) is 4.31. The van der Waals surface area contributed by atoms with Crippen molar-refractivity contribution in [2.45, 2.75) is 6.18 Å². The number of alkyl halides is 3. The van der Waals surface area contributed by atoms with Gasteiger partial charge in [-0.3, -0.25) is 0 Å². The highest BCUT2D eigenvalue weighted by Gasteiger charge is 2.27. The monoisotopic (exact) mass is 289 g/mol. The van der Waals surface area contributed by atoms with Gasteiger partial charge in [0.05, 0.1) is 15.7 Å². The third-order valence-electron chi connectivity index (χ3n) is 1.62. The number of rotatable bonds is 4. The van der Waals surface area contributed by atoms with Crippen LogP contribution in [0.25, 0.3) is 0 Å². The predicted octanol–water partition coefficient (Wildman–Crippen LogP) is 3.49. The summed E-state index contributed by atoms with van der Waals surface area (Å²) in [6, 6.07) is 2.64. The first kappa shape index (κ1) is 14.2. The average Bonchev–Trinajstić information content (AvgIpc) is 2.18. The Morgan fingerprint density at radius 2 is 1.76 bits per heavy atom. The SMILES string of the molecule is Nc1cc(Cl)c(Cl)cc1OCOCC(F)(F)F. The molecule has 3 nitrogen and oxygen atoms in total. The quantitative estimate of drug-likeness (QED) is 0.524. The fraction of sp³-hybridized carbons (Fsp3) is 0.333. The van der Waals surface area contributed by atoms with Gasteiger partial charge in [0.15, 0.2) is 6.79 Å². The molecule has 1 aromatic rings. The number of halogens is 5. The molecule has 0 amide bonds. The second-order valence-electron chi connectivity index (χ2n) is 3.03. The van der Waals surface area contributed by atoms with Gasteiger partial charge in [-0.25, -0.2) is 0 Å². The predicted molar refractivity (Wildman–Crippen MR) is 58.4 cm³/mol. The fourth-order valence-electron chi connectivity index (χ4n) is 0.932. The maximum atomic E-state index is 11.7. The molecule has 0 aliphatic carbocycles. The first-order chi connectivity index (χ1) is 7.79. The van der Waals surface area contributed by atoms with E-state index < -0.39 is 19.6 Å². The Hall–Kier alpha value is -0.850. The van der Waals surface area contributed by atoms with Crippen molar-refractivity contribution in [3.05, 3.63) is 22.2 Å². The number of benzene rings is 1. The van der Waals surface area contributed by atoms with Crippen LogP contribution in [0.1, 0.15) is 0 Å². The lowest BCUT2D eigenvalue weighted by atomic mass is 10.3. The van der Waals surface area contributed by atoms with Crippen LogP contribution in [0.3, 0.4) is 0 Å². The van der Waals surface area contributed by atoms with Gasteiger partial charge < -0.3 is 15.2 Å². The Balaban J connectivity index is 2.50. The highest BCUT2D eigenvalue weighted by molar-refractivity contribution is 6.42. The molecule has 0 radical (unpaired) electrons. The molecule has 0 aromatic heterocycles. The molecule has 0 saturated carbocycles. The van der Waals surface area contributed by atoms with Crippen molar-refractivity contribution in [3.63, 3.8) is 0 Å². The van der Waals surface area contributed by atoms with Crippen molar-refractivity contribution in [1.29, 1.82) is 0 Å².